The molecule has 0 saturated heterocycles. The Morgan fingerprint density at radius 2 is 1.91 bits per heavy atom. The molecule has 5 N–H and O–H groups in total. The van der Waals surface area contributed by atoms with Crippen LogP contribution in [0.15, 0.2) is 24.3 Å². The number of hydrogen-bond acceptors (Lipinski definition) is 4. The van der Waals surface area contributed by atoms with Crippen LogP contribution in [0.5, 0.6) is 5.75 Å². The molecule has 0 aliphatic heterocycles. The molecule has 0 spiro atoms. The minimum absolute atomic E-state index is 0. The van der Waals surface area contributed by atoms with Crippen molar-refractivity contribution in [2.45, 2.75) is 25.3 Å². The number of nitrogens with two attached hydrogens (primary N) is 2. The summed E-state index contributed by atoms with van der Waals surface area (Å²) in [5.74, 6) is 0.228. The first-order valence-corrected chi connectivity index (χ1v) is 7.12. The summed E-state index contributed by atoms with van der Waals surface area (Å²) in [5, 5.41) is 3.03. The van der Waals surface area contributed by atoms with Gasteiger partial charge in [0.15, 0.2) is 6.61 Å². The van der Waals surface area contributed by atoms with E-state index in [1.165, 1.54) is 0 Å². The van der Waals surface area contributed by atoms with E-state index < -0.39 is 5.91 Å². The van der Waals surface area contributed by atoms with Crippen molar-refractivity contribution < 1.29 is 14.3 Å². The number of carbonyl (C=O) groups excluding carboxylic acids is 2. The standard InChI is InChI=1S/C15H21N3O3.ClH/c16-8-11-2-1-3-13(11)18-15(20)10-4-6-12(7-5-10)21-9-14(17)19;/h4-7,11,13H,1-3,8-9,16H2,(H2,17,19)(H,18,20);1H. The quantitative estimate of drug-likeness (QED) is 0.719. The molecule has 1 saturated carbocycles. The number of carbonyl (C=O) groups is 2. The molecule has 22 heavy (non-hydrogen) atoms. The first kappa shape index (κ1) is 18.3. The Morgan fingerprint density at radius 3 is 2.50 bits per heavy atom. The van der Waals surface area contributed by atoms with Crippen molar-refractivity contribution in [2.75, 3.05) is 13.2 Å². The highest BCUT2D eigenvalue weighted by Gasteiger charge is 2.27. The number of nitrogens with one attached hydrogen (secondary N) is 1. The summed E-state index contributed by atoms with van der Waals surface area (Å²) in [4.78, 5) is 22.8. The highest BCUT2D eigenvalue weighted by molar-refractivity contribution is 5.94. The topological polar surface area (TPSA) is 107 Å². The van der Waals surface area contributed by atoms with E-state index in [9.17, 15) is 9.59 Å². The molecule has 122 valence electrons. The van der Waals surface area contributed by atoms with Crippen molar-refractivity contribution in [3.8, 4) is 5.75 Å². The minimum atomic E-state index is -0.536. The van der Waals surface area contributed by atoms with Crippen LogP contribution in [-0.4, -0.2) is 31.0 Å². The number of hydrogen-bond donors (Lipinski definition) is 3. The minimum Gasteiger partial charge on any atom is -0.484 e. The lowest BCUT2D eigenvalue weighted by molar-refractivity contribution is -0.119. The molecule has 2 atom stereocenters. The summed E-state index contributed by atoms with van der Waals surface area (Å²) in [7, 11) is 0. The lowest BCUT2D eigenvalue weighted by Gasteiger charge is -2.19. The van der Waals surface area contributed by atoms with E-state index in [2.05, 4.69) is 5.32 Å². The van der Waals surface area contributed by atoms with Gasteiger partial charge in [-0.3, -0.25) is 9.59 Å². The van der Waals surface area contributed by atoms with E-state index in [0.29, 0.717) is 23.8 Å². The smallest absolute Gasteiger partial charge is 0.255 e. The Hall–Kier alpha value is -1.79. The van der Waals surface area contributed by atoms with Gasteiger partial charge in [0.2, 0.25) is 0 Å². The van der Waals surface area contributed by atoms with Crippen molar-refractivity contribution in [1.29, 1.82) is 0 Å². The Labute approximate surface area is 136 Å². The van der Waals surface area contributed by atoms with Gasteiger partial charge in [0, 0.05) is 11.6 Å². The summed E-state index contributed by atoms with van der Waals surface area (Å²) in [5.41, 5.74) is 11.3. The van der Waals surface area contributed by atoms with Crippen molar-refractivity contribution >= 4 is 24.2 Å². The second-order valence-corrected chi connectivity index (χ2v) is 5.29. The zero-order chi connectivity index (χ0) is 15.2. The van der Waals surface area contributed by atoms with E-state index in [1.807, 2.05) is 0 Å². The number of primary amides is 1. The fraction of sp³-hybridized carbons (Fsp3) is 0.467. The van der Waals surface area contributed by atoms with Gasteiger partial charge in [0.25, 0.3) is 11.8 Å². The molecular formula is C15H22ClN3O3. The summed E-state index contributed by atoms with van der Waals surface area (Å²) in [6.07, 6.45) is 3.15. The molecule has 1 aliphatic rings. The highest BCUT2D eigenvalue weighted by Crippen LogP contribution is 2.25. The van der Waals surface area contributed by atoms with E-state index in [1.54, 1.807) is 24.3 Å². The Morgan fingerprint density at radius 1 is 1.23 bits per heavy atom. The largest absolute Gasteiger partial charge is 0.484 e. The molecule has 0 radical (unpaired) electrons. The molecular weight excluding hydrogens is 306 g/mol. The second kappa shape index (κ2) is 8.60. The lowest BCUT2D eigenvalue weighted by Crippen LogP contribution is -2.39. The van der Waals surface area contributed by atoms with E-state index in [4.69, 9.17) is 16.2 Å². The maximum Gasteiger partial charge on any atom is 0.255 e. The van der Waals surface area contributed by atoms with Crippen LogP contribution < -0.4 is 21.5 Å². The zero-order valence-corrected chi connectivity index (χ0v) is 13.1. The number of halogens is 1. The molecule has 2 unspecified atom stereocenters. The zero-order valence-electron chi connectivity index (χ0n) is 12.3. The lowest BCUT2D eigenvalue weighted by atomic mass is 10.0. The predicted molar refractivity (Wildman–Crippen MR) is 86.0 cm³/mol. The van der Waals surface area contributed by atoms with E-state index >= 15 is 0 Å². The van der Waals surface area contributed by atoms with Gasteiger partial charge in [-0.2, -0.15) is 0 Å². The third-order valence-electron chi connectivity index (χ3n) is 3.78. The highest BCUT2D eigenvalue weighted by atomic mass is 35.5. The van der Waals surface area contributed by atoms with Crippen LogP contribution in [0.1, 0.15) is 29.6 Å². The maximum absolute atomic E-state index is 12.2. The molecule has 0 aromatic heterocycles. The average Bonchev–Trinajstić information content (AvgIpc) is 2.92. The number of benzene rings is 1. The number of rotatable bonds is 6. The molecule has 2 rings (SSSR count). The van der Waals surface area contributed by atoms with Crippen molar-refractivity contribution in [2.24, 2.45) is 17.4 Å². The summed E-state index contributed by atoms with van der Waals surface area (Å²) >= 11 is 0. The van der Waals surface area contributed by atoms with Gasteiger partial charge in [-0.15, -0.1) is 12.4 Å². The maximum atomic E-state index is 12.2. The first-order chi connectivity index (χ1) is 10.1. The van der Waals surface area contributed by atoms with Gasteiger partial charge in [0.1, 0.15) is 5.75 Å². The molecule has 6 nitrogen and oxygen atoms in total. The number of ether oxygens (including phenoxy) is 1. The van der Waals surface area contributed by atoms with Crippen LogP contribution >= 0.6 is 12.4 Å². The fourth-order valence-electron chi connectivity index (χ4n) is 2.62. The molecule has 7 heteroatoms. The molecule has 1 aromatic carbocycles. The van der Waals surface area contributed by atoms with Crippen molar-refractivity contribution in [3.63, 3.8) is 0 Å². The predicted octanol–water partition coefficient (Wildman–Crippen LogP) is 0.830. The van der Waals surface area contributed by atoms with Crippen LogP contribution in [0.3, 0.4) is 0 Å². The van der Waals surface area contributed by atoms with Crippen LogP contribution in [0.2, 0.25) is 0 Å². The Kier molecular flexibility index (Phi) is 7.14. The van der Waals surface area contributed by atoms with Gasteiger partial charge in [-0.1, -0.05) is 6.42 Å². The third-order valence-corrected chi connectivity index (χ3v) is 3.78. The van der Waals surface area contributed by atoms with Crippen LogP contribution in [0.25, 0.3) is 0 Å². The SMILES string of the molecule is Cl.NCC1CCCC1NC(=O)c1ccc(OCC(N)=O)cc1. The van der Waals surface area contributed by atoms with Gasteiger partial charge in [0.05, 0.1) is 0 Å². The first-order valence-electron chi connectivity index (χ1n) is 7.12. The molecule has 2 amide bonds. The summed E-state index contributed by atoms with van der Waals surface area (Å²) < 4.78 is 5.15. The van der Waals surface area contributed by atoms with E-state index in [-0.39, 0.29) is 31.0 Å². The molecule has 1 aliphatic carbocycles. The number of amides is 2. The second-order valence-electron chi connectivity index (χ2n) is 5.29. The molecule has 1 fully saturated rings. The monoisotopic (exact) mass is 327 g/mol. The van der Waals surface area contributed by atoms with Gasteiger partial charge >= 0.3 is 0 Å². The average molecular weight is 328 g/mol. The van der Waals surface area contributed by atoms with Gasteiger partial charge in [-0.05, 0) is 49.6 Å². The Balaban J connectivity index is 0.00000242. The van der Waals surface area contributed by atoms with Crippen LogP contribution in [0.4, 0.5) is 0 Å². The van der Waals surface area contributed by atoms with Gasteiger partial charge < -0.3 is 21.5 Å². The molecule has 0 heterocycles. The third kappa shape index (κ3) is 4.89. The van der Waals surface area contributed by atoms with Crippen LogP contribution in [0, 0.1) is 5.92 Å². The van der Waals surface area contributed by atoms with Crippen molar-refractivity contribution in [1.82, 2.24) is 5.32 Å². The van der Waals surface area contributed by atoms with E-state index in [0.717, 1.165) is 19.3 Å². The van der Waals surface area contributed by atoms with Gasteiger partial charge in [-0.25, -0.2) is 0 Å². The fourth-order valence-corrected chi connectivity index (χ4v) is 2.62. The summed E-state index contributed by atoms with van der Waals surface area (Å²) in [6, 6.07) is 6.78. The van der Waals surface area contributed by atoms with Crippen LogP contribution in [-0.2, 0) is 4.79 Å². The normalized spacial score (nSPS) is 20.0. The van der Waals surface area contributed by atoms with Crippen molar-refractivity contribution in [3.05, 3.63) is 29.8 Å². The molecule has 0 bridgehead atoms. The molecule has 1 aromatic rings. The Bertz CT molecular complexity index is 507. The summed E-state index contributed by atoms with van der Waals surface area (Å²) in [6.45, 7) is 0.427.